The van der Waals surface area contributed by atoms with Gasteiger partial charge in [0.25, 0.3) is 11.6 Å². The number of hydrazone groups is 1. The molecule has 3 atom stereocenters. The van der Waals surface area contributed by atoms with Crippen molar-refractivity contribution in [1.29, 1.82) is 0 Å². The van der Waals surface area contributed by atoms with Crippen LogP contribution in [0.25, 0.3) is 0 Å². The molecule has 3 rings (SSSR count). The molecule has 1 fully saturated rings. The lowest BCUT2D eigenvalue weighted by Crippen LogP contribution is -2.74. The molecule has 0 bridgehead atoms. The van der Waals surface area contributed by atoms with Crippen LogP contribution in [0, 0.1) is 0 Å². The molecule has 0 unspecified atom stereocenters. The summed E-state index contributed by atoms with van der Waals surface area (Å²) in [5.74, 6) is -2.05. The zero-order valence-electron chi connectivity index (χ0n) is 21.8. The van der Waals surface area contributed by atoms with E-state index >= 15 is 0 Å². The van der Waals surface area contributed by atoms with E-state index < -0.39 is 59.2 Å². The van der Waals surface area contributed by atoms with Crippen molar-refractivity contribution in [2.75, 3.05) is 11.9 Å². The summed E-state index contributed by atoms with van der Waals surface area (Å²) in [6.07, 6.45) is 0.423. The maximum atomic E-state index is 14.2. The first-order valence-corrected chi connectivity index (χ1v) is 11.8. The molecule has 210 valence electrons. The number of urea groups is 1. The van der Waals surface area contributed by atoms with Gasteiger partial charge in [-0.05, 0) is 37.1 Å². The first-order valence-electron chi connectivity index (χ1n) is 11.8. The minimum Gasteiger partial charge on any atom is -0.481 e. The van der Waals surface area contributed by atoms with Crippen LogP contribution in [0.15, 0.2) is 59.7 Å². The Morgan fingerprint density at radius 2 is 1.65 bits per heavy atom. The van der Waals surface area contributed by atoms with Crippen LogP contribution < -0.4 is 16.5 Å². The highest BCUT2D eigenvalue weighted by Gasteiger charge is 2.68. The van der Waals surface area contributed by atoms with Crippen molar-refractivity contribution in [3.63, 3.8) is 0 Å². The summed E-state index contributed by atoms with van der Waals surface area (Å²) in [6.45, 7) is 2.16. The van der Waals surface area contributed by atoms with Gasteiger partial charge in [0.2, 0.25) is 5.91 Å². The minimum atomic E-state index is -3.26. The highest BCUT2D eigenvalue weighted by molar-refractivity contribution is 6.24. The monoisotopic (exact) mass is 552 g/mol. The Bertz CT molecular complexity index is 1380. The number of para-hydroxylation sites is 1. The summed E-state index contributed by atoms with van der Waals surface area (Å²) in [7, 11) is 1.24. The molecule has 0 aliphatic carbocycles. The van der Waals surface area contributed by atoms with Crippen LogP contribution >= 0.6 is 0 Å². The average Bonchev–Trinajstić information content (AvgIpc) is 3.07. The topological polar surface area (TPSA) is 217 Å². The van der Waals surface area contributed by atoms with Gasteiger partial charge < -0.3 is 26.7 Å². The van der Waals surface area contributed by atoms with E-state index in [2.05, 4.69) is 5.10 Å². The van der Waals surface area contributed by atoms with Crippen LogP contribution in [0.1, 0.15) is 31.4 Å². The van der Waals surface area contributed by atoms with Crippen molar-refractivity contribution in [1.82, 2.24) is 9.80 Å². The number of hydrogen-bond donors (Lipinski definition) is 4. The lowest BCUT2D eigenvalue weighted by Gasteiger charge is -2.43. The normalized spacial score (nSPS) is 19.4. The summed E-state index contributed by atoms with van der Waals surface area (Å²) in [5, 5.41) is 23.2. The molecule has 0 radical (unpaired) electrons. The van der Waals surface area contributed by atoms with Gasteiger partial charge in [0, 0.05) is 12.7 Å². The van der Waals surface area contributed by atoms with Gasteiger partial charge in [-0.15, -0.1) is 0 Å². The fourth-order valence-corrected chi connectivity index (χ4v) is 4.62. The Morgan fingerprint density at radius 3 is 2.12 bits per heavy atom. The van der Waals surface area contributed by atoms with Crippen LogP contribution in [0.2, 0.25) is 0 Å². The predicted molar refractivity (Wildman–Crippen MR) is 141 cm³/mol. The van der Waals surface area contributed by atoms with Gasteiger partial charge >= 0.3 is 18.0 Å². The quantitative estimate of drug-likeness (QED) is 0.104. The van der Waals surface area contributed by atoms with E-state index in [0.29, 0.717) is 10.5 Å². The molecule has 14 nitrogen and oxygen atoms in total. The second-order valence-corrected chi connectivity index (χ2v) is 9.20. The number of carbonyl (C=O) groups is 6. The molecule has 0 spiro atoms. The summed E-state index contributed by atoms with van der Waals surface area (Å²) in [5.41, 5.74) is 1.37. The first-order chi connectivity index (χ1) is 18.8. The third-order valence-electron chi connectivity index (χ3n) is 6.85. The lowest BCUT2D eigenvalue weighted by atomic mass is 9.89. The van der Waals surface area contributed by atoms with Crippen LogP contribution in [0.5, 0.6) is 0 Å². The Balaban J connectivity index is 2.32. The number of anilines is 1. The fourth-order valence-electron chi connectivity index (χ4n) is 4.62. The van der Waals surface area contributed by atoms with Gasteiger partial charge in [-0.3, -0.25) is 24.1 Å². The molecule has 14 heteroatoms. The number of amides is 4. The van der Waals surface area contributed by atoms with Crippen molar-refractivity contribution in [3.8, 4) is 0 Å². The van der Waals surface area contributed by atoms with Gasteiger partial charge in [0.05, 0.1) is 18.7 Å². The van der Waals surface area contributed by atoms with E-state index in [1.54, 1.807) is 12.1 Å². The van der Waals surface area contributed by atoms with E-state index in [0.717, 1.165) is 11.8 Å². The fraction of sp³-hybridized carbons (Fsp3) is 0.269. The van der Waals surface area contributed by atoms with Gasteiger partial charge in [0.1, 0.15) is 5.54 Å². The maximum Gasteiger partial charge on any atom is 0.360 e. The summed E-state index contributed by atoms with van der Waals surface area (Å²) >= 11 is 0. The Labute approximate surface area is 228 Å². The third-order valence-corrected chi connectivity index (χ3v) is 6.85. The number of aliphatic carboxylic acids is 2. The van der Waals surface area contributed by atoms with Crippen molar-refractivity contribution < 1.29 is 39.0 Å². The molecule has 1 heterocycles. The van der Waals surface area contributed by atoms with Gasteiger partial charge in [-0.2, -0.15) is 5.10 Å². The summed E-state index contributed by atoms with van der Waals surface area (Å²) < 4.78 is 0. The molecular formula is C26H28N6O8. The van der Waals surface area contributed by atoms with Crippen LogP contribution in [-0.4, -0.2) is 80.5 Å². The second-order valence-electron chi connectivity index (χ2n) is 9.20. The number of nitrogens with zero attached hydrogens (tertiary/aromatic N) is 4. The Morgan fingerprint density at radius 1 is 1.07 bits per heavy atom. The third kappa shape index (κ3) is 4.53. The number of carbonyl (C=O) groups excluding carboxylic acids is 4. The summed E-state index contributed by atoms with van der Waals surface area (Å²) in [6, 6.07) is 10.00. The second kappa shape index (κ2) is 10.9. The molecule has 4 amide bonds. The number of hydrogen-bond acceptors (Lipinski definition) is 9. The zero-order valence-corrected chi connectivity index (χ0v) is 21.8. The molecular weight excluding hydrogens is 524 g/mol. The number of benzene rings is 2. The minimum absolute atomic E-state index is 0.214. The van der Waals surface area contributed by atoms with Crippen LogP contribution in [-0.2, 0) is 29.5 Å². The molecule has 6 N–H and O–H groups in total. The smallest absolute Gasteiger partial charge is 0.360 e. The van der Waals surface area contributed by atoms with Gasteiger partial charge in [0.15, 0.2) is 5.78 Å². The standard InChI is InChI=1S/C26H28N6O8/c1-15(33)26(23(38)39,31(18-7-5-4-6-8-18)21(36)19(27)13-20(34)35)32-22(37)25(2,30(3)24(32)40)17-11-9-16(10-12-17)14-29-28/h4-12,14,19H,13,27-28H2,1-3H3,(H,34,35)(H,38,39)/t19-,25+,26-/m0/s1. The Hall–Kier alpha value is -5.11. The predicted octanol–water partition coefficient (Wildman–Crippen LogP) is 0.294. The molecule has 2 aromatic carbocycles. The Kier molecular flexibility index (Phi) is 8.05. The van der Waals surface area contributed by atoms with E-state index in [1.807, 2.05) is 0 Å². The summed E-state index contributed by atoms with van der Waals surface area (Å²) in [4.78, 5) is 81.0. The number of nitrogens with two attached hydrogens (primary N) is 2. The number of rotatable bonds is 10. The zero-order chi connectivity index (χ0) is 30.0. The number of ketones is 1. The number of likely N-dealkylation sites (N-methyl/N-ethyl adjacent to an activating group) is 1. The SMILES string of the molecule is CC(=O)[C@@](C(=O)O)(N1C(=O)N(C)[C@](C)(c2ccc(C=NN)cc2)C1=O)N(C(=O)[C@@H](N)CC(=O)O)c1ccccc1. The van der Waals surface area contributed by atoms with Crippen molar-refractivity contribution in [2.24, 2.45) is 16.7 Å². The highest BCUT2D eigenvalue weighted by atomic mass is 16.4. The van der Waals surface area contributed by atoms with Gasteiger partial charge in [-0.1, -0.05) is 42.5 Å². The van der Waals surface area contributed by atoms with Crippen molar-refractivity contribution in [3.05, 3.63) is 65.7 Å². The molecule has 1 aliphatic heterocycles. The first kappa shape index (κ1) is 29.4. The van der Waals surface area contributed by atoms with Crippen molar-refractivity contribution >= 4 is 47.5 Å². The number of carboxylic acid groups (broad SMARTS) is 2. The highest BCUT2D eigenvalue weighted by Crippen LogP contribution is 2.42. The van der Waals surface area contributed by atoms with E-state index in [9.17, 15) is 39.0 Å². The molecule has 40 heavy (non-hydrogen) atoms. The molecule has 2 aromatic rings. The molecule has 1 saturated heterocycles. The number of carboxylic acids is 2. The van der Waals surface area contributed by atoms with Crippen molar-refractivity contribution in [2.45, 2.75) is 37.5 Å². The van der Waals surface area contributed by atoms with E-state index in [1.165, 1.54) is 62.7 Å². The average molecular weight is 553 g/mol. The maximum absolute atomic E-state index is 14.2. The molecule has 1 aliphatic rings. The van der Waals surface area contributed by atoms with Crippen LogP contribution in [0.3, 0.4) is 0 Å². The van der Waals surface area contributed by atoms with E-state index in [-0.39, 0.29) is 16.2 Å². The molecule has 0 saturated carbocycles. The van der Waals surface area contributed by atoms with Crippen LogP contribution in [0.4, 0.5) is 10.5 Å². The van der Waals surface area contributed by atoms with Gasteiger partial charge in [-0.25, -0.2) is 14.5 Å². The van der Waals surface area contributed by atoms with E-state index in [4.69, 9.17) is 11.6 Å². The largest absolute Gasteiger partial charge is 0.481 e. The number of imide groups is 1. The molecule has 0 aromatic heterocycles. The lowest BCUT2D eigenvalue weighted by molar-refractivity contribution is -0.162. The number of Topliss-reactive ketones (excluding diaryl/α,β-unsaturated/α-hetero) is 1.